The van der Waals surface area contributed by atoms with Crippen molar-refractivity contribution in [2.45, 2.75) is 19.4 Å². The molecule has 1 aromatic heterocycles. The van der Waals surface area contributed by atoms with E-state index in [0.717, 1.165) is 5.01 Å². The molecule has 4 nitrogen and oxygen atoms in total. The summed E-state index contributed by atoms with van der Waals surface area (Å²) in [5.41, 5.74) is 6.21. The van der Waals surface area contributed by atoms with E-state index in [-0.39, 0.29) is 23.3 Å². The minimum Gasteiger partial charge on any atom is -0.344 e. The summed E-state index contributed by atoms with van der Waals surface area (Å²) in [6.45, 7) is 2.18. The van der Waals surface area contributed by atoms with E-state index in [1.54, 1.807) is 12.3 Å². The summed E-state index contributed by atoms with van der Waals surface area (Å²) in [5, 5.41) is 5.44. The highest BCUT2D eigenvalue weighted by Crippen LogP contribution is 2.28. The molecule has 0 bridgehead atoms. The molecule has 23 heavy (non-hydrogen) atoms. The van der Waals surface area contributed by atoms with Crippen molar-refractivity contribution >= 4 is 52.9 Å². The van der Waals surface area contributed by atoms with Gasteiger partial charge in [-0.15, -0.1) is 23.7 Å². The van der Waals surface area contributed by atoms with Gasteiger partial charge in [-0.2, -0.15) is 0 Å². The highest BCUT2D eigenvalue weighted by Gasteiger charge is 2.18. The van der Waals surface area contributed by atoms with E-state index in [1.165, 1.54) is 23.5 Å². The molecule has 0 saturated carbocycles. The minimum atomic E-state index is -0.582. The normalized spacial score (nSPS) is 11.7. The molecular formula is C14H15Cl3FN3OS. The van der Waals surface area contributed by atoms with E-state index in [2.05, 4.69) is 10.3 Å². The van der Waals surface area contributed by atoms with Crippen molar-refractivity contribution in [1.82, 2.24) is 10.3 Å². The van der Waals surface area contributed by atoms with Gasteiger partial charge in [-0.3, -0.25) is 4.79 Å². The van der Waals surface area contributed by atoms with Gasteiger partial charge in [0.1, 0.15) is 11.5 Å². The molecule has 0 radical (unpaired) electrons. The van der Waals surface area contributed by atoms with Crippen LogP contribution in [0.25, 0.3) is 0 Å². The molecule has 0 aliphatic heterocycles. The van der Waals surface area contributed by atoms with E-state index in [4.69, 9.17) is 28.9 Å². The Labute approximate surface area is 153 Å². The molecule has 1 unspecified atom stereocenters. The maximum absolute atomic E-state index is 13.5. The highest BCUT2D eigenvalue weighted by atomic mass is 35.5. The number of rotatable bonds is 5. The number of aromatic nitrogens is 1. The Balaban J connectivity index is 0.00000264. The maximum Gasteiger partial charge on any atom is 0.271 e. The van der Waals surface area contributed by atoms with E-state index in [1.807, 2.05) is 0 Å². The quantitative estimate of drug-likeness (QED) is 0.748. The smallest absolute Gasteiger partial charge is 0.271 e. The largest absolute Gasteiger partial charge is 0.344 e. The summed E-state index contributed by atoms with van der Waals surface area (Å²) < 4.78 is 13.5. The first-order valence-electron chi connectivity index (χ1n) is 6.52. The number of carbonyl (C=O) groups excluding carboxylic acids is 1. The third-order valence-electron chi connectivity index (χ3n) is 3.00. The fourth-order valence-electron chi connectivity index (χ4n) is 1.87. The fourth-order valence-corrected chi connectivity index (χ4v) is 3.21. The lowest BCUT2D eigenvalue weighted by atomic mass is 10.1. The van der Waals surface area contributed by atoms with Crippen LogP contribution in [-0.4, -0.2) is 17.4 Å². The molecule has 1 amide bonds. The van der Waals surface area contributed by atoms with Gasteiger partial charge in [0.2, 0.25) is 0 Å². The zero-order chi connectivity index (χ0) is 16.3. The Hall–Kier alpha value is -0.920. The van der Waals surface area contributed by atoms with Crippen LogP contribution in [0.3, 0.4) is 0 Å². The van der Waals surface area contributed by atoms with Crippen molar-refractivity contribution in [3.8, 4) is 0 Å². The van der Waals surface area contributed by atoms with E-state index < -0.39 is 11.9 Å². The number of hydrogen-bond acceptors (Lipinski definition) is 4. The molecule has 126 valence electrons. The zero-order valence-electron chi connectivity index (χ0n) is 12.1. The minimum absolute atomic E-state index is 0. The number of carbonyl (C=O) groups is 1. The fraction of sp³-hybridized carbons (Fsp3) is 0.286. The lowest BCUT2D eigenvalue weighted by Gasteiger charge is -2.15. The van der Waals surface area contributed by atoms with Gasteiger partial charge in [0.15, 0.2) is 0 Å². The lowest BCUT2D eigenvalue weighted by molar-refractivity contribution is 0.0935. The van der Waals surface area contributed by atoms with E-state index >= 15 is 0 Å². The second kappa shape index (κ2) is 8.80. The number of nitrogens with two attached hydrogens (primary N) is 1. The monoisotopic (exact) mass is 397 g/mol. The summed E-state index contributed by atoms with van der Waals surface area (Å²) >= 11 is 13.1. The van der Waals surface area contributed by atoms with Crippen LogP contribution in [0.1, 0.15) is 34.0 Å². The number of nitrogens with zero attached hydrogens (tertiary/aromatic N) is 1. The second-order valence-electron chi connectivity index (χ2n) is 4.65. The molecular weight excluding hydrogens is 384 g/mol. The third-order valence-corrected chi connectivity index (χ3v) is 4.52. The Morgan fingerprint density at radius 2 is 2.13 bits per heavy atom. The van der Waals surface area contributed by atoms with Crippen LogP contribution in [0.5, 0.6) is 0 Å². The zero-order valence-corrected chi connectivity index (χ0v) is 15.3. The molecule has 9 heteroatoms. The van der Waals surface area contributed by atoms with Gasteiger partial charge >= 0.3 is 0 Å². The first-order chi connectivity index (χ1) is 10.4. The van der Waals surface area contributed by atoms with Gasteiger partial charge in [0.05, 0.1) is 16.1 Å². The molecule has 1 aromatic carbocycles. The molecule has 3 N–H and O–H groups in total. The molecule has 1 heterocycles. The molecule has 2 rings (SSSR count). The first kappa shape index (κ1) is 20.1. The molecule has 0 aliphatic carbocycles. The molecule has 1 atom stereocenters. The maximum atomic E-state index is 13.5. The number of amides is 1. The molecule has 0 aliphatic rings. The van der Waals surface area contributed by atoms with Crippen molar-refractivity contribution < 1.29 is 9.18 Å². The van der Waals surface area contributed by atoms with Crippen molar-refractivity contribution in [1.29, 1.82) is 0 Å². The number of hydrogen-bond donors (Lipinski definition) is 2. The third kappa shape index (κ3) is 5.02. The van der Waals surface area contributed by atoms with E-state index in [0.29, 0.717) is 29.2 Å². The Kier molecular flexibility index (Phi) is 7.70. The molecule has 2 aromatic rings. The number of halogens is 4. The Bertz CT molecular complexity index is 696. The van der Waals surface area contributed by atoms with Crippen LogP contribution >= 0.6 is 46.9 Å². The van der Waals surface area contributed by atoms with Crippen LogP contribution in [0.2, 0.25) is 10.0 Å². The van der Waals surface area contributed by atoms with Crippen molar-refractivity contribution in [3.05, 3.63) is 49.6 Å². The van der Waals surface area contributed by atoms with E-state index in [9.17, 15) is 9.18 Å². The van der Waals surface area contributed by atoms with Crippen LogP contribution < -0.4 is 11.1 Å². The first-order valence-corrected chi connectivity index (χ1v) is 8.15. The SMILES string of the molecule is CC(NC(=O)c1csc(CCN)n1)c1cc(F)c(Cl)cc1Cl.Cl. The van der Waals surface area contributed by atoms with Crippen LogP contribution in [0, 0.1) is 5.82 Å². The van der Waals surface area contributed by atoms with Crippen LogP contribution in [0.4, 0.5) is 4.39 Å². The van der Waals surface area contributed by atoms with Gasteiger partial charge in [0, 0.05) is 16.8 Å². The molecule has 0 spiro atoms. The van der Waals surface area contributed by atoms with Gasteiger partial charge in [-0.1, -0.05) is 23.2 Å². The lowest BCUT2D eigenvalue weighted by Crippen LogP contribution is -2.27. The standard InChI is InChI=1S/C14H14Cl2FN3OS.ClH/c1-7(8-4-11(17)10(16)5-9(8)15)19-14(21)12-6-22-13(20-12)2-3-18;/h4-7H,2-3,18H2,1H3,(H,19,21);1H. The summed E-state index contributed by atoms with van der Waals surface area (Å²) in [6, 6.07) is 2.06. The highest BCUT2D eigenvalue weighted by molar-refractivity contribution is 7.09. The summed E-state index contributed by atoms with van der Waals surface area (Å²) in [4.78, 5) is 16.3. The number of thiazole rings is 1. The van der Waals surface area contributed by atoms with Gasteiger partial charge in [0.25, 0.3) is 5.91 Å². The van der Waals surface area contributed by atoms with Crippen LogP contribution in [-0.2, 0) is 6.42 Å². The summed E-state index contributed by atoms with van der Waals surface area (Å²) in [5.74, 6) is -0.931. The second-order valence-corrected chi connectivity index (χ2v) is 6.41. The van der Waals surface area contributed by atoms with Gasteiger partial charge < -0.3 is 11.1 Å². The van der Waals surface area contributed by atoms with Gasteiger partial charge in [-0.25, -0.2) is 9.37 Å². The number of nitrogens with one attached hydrogen (secondary N) is 1. The van der Waals surface area contributed by atoms with Crippen molar-refractivity contribution in [2.75, 3.05) is 6.54 Å². The average Bonchev–Trinajstić information content (AvgIpc) is 2.92. The molecule has 0 fully saturated rings. The van der Waals surface area contributed by atoms with Crippen molar-refractivity contribution in [3.63, 3.8) is 0 Å². The average molecular weight is 399 g/mol. The van der Waals surface area contributed by atoms with Crippen molar-refractivity contribution in [2.24, 2.45) is 5.73 Å². The Morgan fingerprint density at radius 1 is 1.43 bits per heavy atom. The number of benzene rings is 1. The predicted molar refractivity (Wildman–Crippen MR) is 94.4 cm³/mol. The topological polar surface area (TPSA) is 68.0 Å². The predicted octanol–water partition coefficient (Wildman–Crippen LogP) is 4.00. The van der Waals surface area contributed by atoms with Crippen LogP contribution in [0.15, 0.2) is 17.5 Å². The van der Waals surface area contributed by atoms with Gasteiger partial charge in [-0.05, 0) is 31.2 Å². The molecule has 0 saturated heterocycles. The Morgan fingerprint density at radius 3 is 2.78 bits per heavy atom. The summed E-state index contributed by atoms with van der Waals surface area (Å²) in [7, 11) is 0. The summed E-state index contributed by atoms with van der Waals surface area (Å²) in [6.07, 6.45) is 0.627.